The summed E-state index contributed by atoms with van der Waals surface area (Å²) in [5.41, 5.74) is 12.2. The van der Waals surface area contributed by atoms with Gasteiger partial charge >= 0.3 is 0 Å². The number of anilines is 2. The van der Waals surface area contributed by atoms with E-state index >= 15 is 0 Å². The molecule has 1 aromatic heterocycles. The Bertz CT molecular complexity index is 1320. The molecule has 2 fully saturated rings. The highest BCUT2D eigenvalue weighted by Gasteiger charge is 2.35. The number of para-hydroxylation sites is 1. The number of hydrogen-bond donors (Lipinski definition) is 1. The number of pyridine rings is 1. The van der Waals surface area contributed by atoms with Crippen molar-refractivity contribution in [3.63, 3.8) is 0 Å². The molecule has 0 unspecified atom stereocenters. The lowest BCUT2D eigenvalue weighted by molar-refractivity contribution is -0.119. The molecular formula is C32H39N5O2. The summed E-state index contributed by atoms with van der Waals surface area (Å²) in [7, 11) is 0. The fourth-order valence-corrected chi connectivity index (χ4v) is 6.36. The molecule has 0 saturated carbocycles. The molecule has 204 valence electrons. The number of nitrogens with two attached hydrogens (primary N) is 1. The lowest BCUT2D eigenvalue weighted by Crippen LogP contribution is -2.59. The number of carbonyl (C=O) groups excluding carboxylic acids is 2. The molecule has 2 aromatic carbocycles. The van der Waals surface area contributed by atoms with Crippen LogP contribution in [0.1, 0.15) is 45.5 Å². The number of nitrogens with zero attached hydrogens (tertiary/aromatic N) is 4. The van der Waals surface area contributed by atoms with Crippen molar-refractivity contribution in [3.8, 4) is 0 Å². The zero-order valence-electron chi connectivity index (χ0n) is 23.3. The molecule has 7 nitrogen and oxygen atoms in total. The van der Waals surface area contributed by atoms with Gasteiger partial charge in [0.25, 0.3) is 5.91 Å². The summed E-state index contributed by atoms with van der Waals surface area (Å²) in [6.45, 7) is 9.67. The van der Waals surface area contributed by atoms with Crippen LogP contribution in [-0.2, 0) is 11.2 Å². The van der Waals surface area contributed by atoms with Gasteiger partial charge < -0.3 is 20.4 Å². The summed E-state index contributed by atoms with van der Waals surface area (Å²) >= 11 is 0. The molecule has 2 N–H and O–H groups in total. The van der Waals surface area contributed by atoms with E-state index < -0.39 is 11.9 Å². The largest absolute Gasteiger partial charge is 0.368 e. The zero-order valence-corrected chi connectivity index (χ0v) is 23.3. The summed E-state index contributed by atoms with van der Waals surface area (Å²) < 4.78 is 0. The molecule has 2 aliphatic rings. The van der Waals surface area contributed by atoms with Crippen LogP contribution in [0.5, 0.6) is 0 Å². The smallest absolute Gasteiger partial charge is 0.254 e. The van der Waals surface area contributed by atoms with Gasteiger partial charge in [0.2, 0.25) is 5.91 Å². The Labute approximate surface area is 231 Å². The molecule has 7 heteroatoms. The van der Waals surface area contributed by atoms with E-state index in [1.165, 1.54) is 11.1 Å². The number of amides is 2. The van der Waals surface area contributed by atoms with Gasteiger partial charge in [0.05, 0.1) is 6.54 Å². The second-order valence-corrected chi connectivity index (χ2v) is 11.0. The van der Waals surface area contributed by atoms with E-state index in [1.807, 2.05) is 65.4 Å². The molecule has 3 heterocycles. The van der Waals surface area contributed by atoms with Crippen molar-refractivity contribution in [3.05, 3.63) is 88.6 Å². The van der Waals surface area contributed by atoms with Crippen LogP contribution in [0.2, 0.25) is 0 Å². The predicted octanol–water partition coefficient (Wildman–Crippen LogP) is 4.28. The number of benzene rings is 2. The second-order valence-electron chi connectivity index (χ2n) is 11.0. The van der Waals surface area contributed by atoms with Crippen molar-refractivity contribution in [2.45, 2.75) is 46.1 Å². The van der Waals surface area contributed by atoms with Gasteiger partial charge in [0.1, 0.15) is 11.9 Å². The summed E-state index contributed by atoms with van der Waals surface area (Å²) in [5, 5.41) is 0. The van der Waals surface area contributed by atoms with Gasteiger partial charge in [-0.15, -0.1) is 0 Å². The maximum Gasteiger partial charge on any atom is 0.254 e. The molecule has 0 radical (unpaired) electrons. The van der Waals surface area contributed by atoms with Crippen molar-refractivity contribution < 1.29 is 9.59 Å². The molecule has 3 aromatic rings. The Balaban J connectivity index is 1.32. The molecule has 0 spiro atoms. The number of piperidine rings is 1. The Morgan fingerprint density at radius 3 is 2.31 bits per heavy atom. The maximum absolute atomic E-state index is 14.0. The molecule has 2 saturated heterocycles. The van der Waals surface area contributed by atoms with Crippen LogP contribution in [0.4, 0.5) is 11.5 Å². The minimum atomic E-state index is -0.556. The SMILES string of the molecule is Cc1cc(C)c(C(=O)N2CCN(c3ccccc3)[C@@H](C(N)=O)C2)c(C)c1CC1CCN(c2ccccn2)CC1. The van der Waals surface area contributed by atoms with E-state index in [-0.39, 0.29) is 12.5 Å². The van der Waals surface area contributed by atoms with Crippen molar-refractivity contribution in [1.29, 1.82) is 0 Å². The topological polar surface area (TPSA) is 82.8 Å². The maximum atomic E-state index is 14.0. The zero-order chi connectivity index (χ0) is 27.5. The summed E-state index contributed by atoms with van der Waals surface area (Å²) in [4.78, 5) is 37.1. The highest BCUT2D eigenvalue weighted by Crippen LogP contribution is 2.31. The predicted molar refractivity (Wildman–Crippen MR) is 156 cm³/mol. The Kier molecular flexibility index (Phi) is 7.87. The van der Waals surface area contributed by atoms with E-state index in [9.17, 15) is 9.59 Å². The van der Waals surface area contributed by atoms with Crippen LogP contribution in [0.3, 0.4) is 0 Å². The van der Waals surface area contributed by atoms with E-state index in [2.05, 4.69) is 35.9 Å². The first-order valence-corrected chi connectivity index (χ1v) is 14.0. The average Bonchev–Trinajstić information content (AvgIpc) is 2.96. The number of primary amides is 1. The molecule has 0 bridgehead atoms. The third kappa shape index (κ3) is 5.63. The van der Waals surface area contributed by atoms with Gasteiger partial charge in [-0.05, 0) is 92.5 Å². The second kappa shape index (κ2) is 11.5. The minimum Gasteiger partial charge on any atom is -0.368 e. The summed E-state index contributed by atoms with van der Waals surface area (Å²) in [6.07, 6.45) is 5.04. The average molecular weight is 526 g/mol. The van der Waals surface area contributed by atoms with Crippen molar-refractivity contribution in [2.75, 3.05) is 42.5 Å². The number of aromatic nitrogens is 1. The summed E-state index contributed by atoms with van der Waals surface area (Å²) in [5.74, 6) is 1.21. The van der Waals surface area contributed by atoms with Gasteiger partial charge in [-0.25, -0.2) is 4.98 Å². The van der Waals surface area contributed by atoms with E-state index in [0.29, 0.717) is 19.0 Å². The van der Waals surface area contributed by atoms with Crippen LogP contribution in [0.25, 0.3) is 0 Å². The van der Waals surface area contributed by atoms with E-state index in [1.54, 1.807) is 0 Å². The quantitative estimate of drug-likeness (QED) is 0.519. The minimum absolute atomic E-state index is 0.00446. The molecule has 39 heavy (non-hydrogen) atoms. The van der Waals surface area contributed by atoms with Gasteiger partial charge in [0, 0.05) is 43.6 Å². The molecule has 0 aliphatic carbocycles. The number of piperazine rings is 1. The number of rotatable bonds is 6. The third-order valence-corrected chi connectivity index (χ3v) is 8.51. The standard InChI is InChI=1S/C32H39N5O2/c1-22-19-23(2)30(24(3)27(22)20-25-12-15-35(16-13-25)29-11-7-8-14-34-29)32(39)36-17-18-37(28(21-36)31(33)38)26-9-5-4-6-10-26/h4-11,14,19,25,28H,12-13,15-18,20-21H2,1-3H3,(H2,33,38)/t28-/m1/s1. The van der Waals surface area contributed by atoms with Gasteiger partial charge in [-0.1, -0.05) is 30.3 Å². The first kappa shape index (κ1) is 26.7. The van der Waals surface area contributed by atoms with Crippen LogP contribution >= 0.6 is 0 Å². The first-order valence-electron chi connectivity index (χ1n) is 14.0. The van der Waals surface area contributed by atoms with E-state index in [4.69, 9.17) is 5.73 Å². The molecule has 5 rings (SSSR count). The number of carbonyl (C=O) groups is 2. The van der Waals surface area contributed by atoms with Crippen LogP contribution < -0.4 is 15.5 Å². The lowest BCUT2D eigenvalue weighted by atomic mass is 9.84. The van der Waals surface area contributed by atoms with Gasteiger partial charge in [0.15, 0.2) is 0 Å². The highest BCUT2D eigenvalue weighted by molar-refractivity contribution is 5.98. The molecular weight excluding hydrogens is 486 g/mol. The Hall–Kier alpha value is -3.87. The van der Waals surface area contributed by atoms with Crippen molar-refractivity contribution >= 4 is 23.3 Å². The van der Waals surface area contributed by atoms with Crippen LogP contribution in [0.15, 0.2) is 60.8 Å². The van der Waals surface area contributed by atoms with Crippen LogP contribution in [-0.4, -0.2) is 60.5 Å². The molecule has 2 amide bonds. The molecule has 1 atom stereocenters. The Morgan fingerprint density at radius 2 is 1.64 bits per heavy atom. The first-order chi connectivity index (χ1) is 18.8. The number of aryl methyl sites for hydroxylation is 2. The molecule has 2 aliphatic heterocycles. The fourth-order valence-electron chi connectivity index (χ4n) is 6.36. The van der Waals surface area contributed by atoms with Crippen molar-refractivity contribution in [1.82, 2.24) is 9.88 Å². The monoisotopic (exact) mass is 525 g/mol. The fraction of sp³-hybridized carbons (Fsp3) is 0.406. The lowest BCUT2D eigenvalue weighted by Gasteiger charge is -2.41. The highest BCUT2D eigenvalue weighted by atomic mass is 16.2. The normalized spacial score (nSPS) is 18.3. The van der Waals surface area contributed by atoms with Crippen molar-refractivity contribution in [2.24, 2.45) is 11.7 Å². The van der Waals surface area contributed by atoms with Gasteiger partial charge in [-0.3, -0.25) is 9.59 Å². The third-order valence-electron chi connectivity index (χ3n) is 8.51. The van der Waals surface area contributed by atoms with Gasteiger partial charge in [-0.2, -0.15) is 0 Å². The van der Waals surface area contributed by atoms with E-state index in [0.717, 1.165) is 60.5 Å². The number of hydrogen-bond acceptors (Lipinski definition) is 5. The summed E-state index contributed by atoms with van der Waals surface area (Å²) in [6, 6.07) is 17.5. The van der Waals surface area contributed by atoms with Crippen LogP contribution in [0, 0.1) is 26.7 Å². The Morgan fingerprint density at radius 1 is 0.923 bits per heavy atom.